The number of anilines is 1. The van der Waals surface area contributed by atoms with Gasteiger partial charge >= 0.3 is 5.91 Å². The highest BCUT2D eigenvalue weighted by atomic mass is 16.4. The van der Waals surface area contributed by atoms with Gasteiger partial charge in [0.25, 0.3) is 5.91 Å². The molecule has 0 saturated carbocycles. The van der Waals surface area contributed by atoms with Gasteiger partial charge in [0.2, 0.25) is 0 Å². The Balaban J connectivity index is 1.51. The number of carbonyl (C=O) groups is 2. The highest BCUT2D eigenvalue weighted by Gasteiger charge is 2.28. The van der Waals surface area contributed by atoms with Gasteiger partial charge < -0.3 is 4.42 Å². The topological polar surface area (TPSA) is 95.7 Å². The molecule has 2 aromatic carbocycles. The van der Waals surface area contributed by atoms with Crippen molar-refractivity contribution in [3.8, 4) is 0 Å². The minimum atomic E-state index is -0.362. The summed E-state index contributed by atoms with van der Waals surface area (Å²) in [6.45, 7) is 3.80. The summed E-state index contributed by atoms with van der Waals surface area (Å²) < 4.78 is 5.88. The molecule has 0 spiro atoms. The van der Waals surface area contributed by atoms with E-state index in [1.54, 1.807) is 12.1 Å². The number of hydrogen-bond donors (Lipinski definition) is 3. The highest BCUT2D eigenvalue weighted by molar-refractivity contribution is 6.07. The molecule has 2 amide bonds. The first-order chi connectivity index (χ1) is 15.0. The van der Waals surface area contributed by atoms with Crippen LogP contribution >= 0.6 is 0 Å². The minimum Gasteiger partial charge on any atom is -0.455 e. The summed E-state index contributed by atoms with van der Waals surface area (Å²) in [4.78, 5) is 25.1. The molecule has 0 saturated heterocycles. The first-order valence-electron chi connectivity index (χ1n) is 10.2. The number of furan rings is 1. The van der Waals surface area contributed by atoms with Gasteiger partial charge in [0.05, 0.1) is 11.4 Å². The minimum absolute atomic E-state index is 0.243. The van der Waals surface area contributed by atoms with E-state index in [9.17, 15) is 9.59 Å². The molecule has 7 heteroatoms. The van der Waals surface area contributed by atoms with Crippen LogP contribution in [0.4, 0.5) is 5.69 Å². The first kappa shape index (κ1) is 20.4. The molecule has 0 aliphatic heterocycles. The zero-order valence-corrected chi connectivity index (χ0v) is 17.5. The monoisotopic (exact) mass is 416 g/mol. The summed E-state index contributed by atoms with van der Waals surface area (Å²) in [5.74, 6) is 0.328. The van der Waals surface area contributed by atoms with Crippen molar-refractivity contribution in [1.82, 2.24) is 10.9 Å². The number of nitrogens with zero attached hydrogens (tertiary/aromatic N) is 1. The number of aryl methyl sites for hydroxylation is 2. The van der Waals surface area contributed by atoms with Gasteiger partial charge in [0, 0.05) is 23.1 Å². The molecule has 3 N–H and O–H groups in total. The van der Waals surface area contributed by atoms with E-state index < -0.39 is 0 Å². The van der Waals surface area contributed by atoms with Crippen molar-refractivity contribution < 1.29 is 14.0 Å². The lowest BCUT2D eigenvalue weighted by Crippen LogP contribution is -2.29. The summed E-state index contributed by atoms with van der Waals surface area (Å²) in [6, 6.07) is 16.6. The van der Waals surface area contributed by atoms with Crippen LogP contribution in [0.5, 0.6) is 0 Å². The van der Waals surface area contributed by atoms with Crippen LogP contribution in [0.25, 0.3) is 0 Å². The number of amides is 2. The summed E-state index contributed by atoms with van der Waals surface area (Å²) >= 11 is 0. The lowest BCUT2D eigenvalue weighted by molar-refractivity contribution is 0.0930. The summed E-state index contributed by atoms with van der Waals surface area (Å²) in [6.07, 6.45) is 2.26. The van der Waals surface area contributed by atoms with Crippen molar-refractivity contribution >= 4 is 23.2 Å². The molecule has 0 atom stereocenters. The molecule has 4 rings (SSSR count). The van der Waals surface area contributed by atoms with Crippen LogP contribution in [0.1, 0.15) is 56.2 Å². The Hall–Kier alpha value is -3.87. The molecule has 1 aromatic heterocycles. The maximum atomic E-state index is 12.7. The van der Waals surface area contributed by atoms with Crippen molar-refractivity contribution in [2.45, 2.75) is 33.1 Å². The average molecular weight is 416 g/mol. The molecule has 158 valence electrons. The summed E-state index contributed by atoms with van der Waals surface area (Å²) in [5, 5.41) is 4.36. The fourth-order valence-corrected chi connectivity index (χ4v) is 3.59. The fraction of sp³-hybridized carbons (Fsp3) is 0.208. The fourth-order valence-electron chi connectivity index (χ4n) is 3.59. The van der Waals surface area contributed by atoms with Crippen molar-refractivity contribution in [2.24, 2.45) is 5.10 Å². The predicted molar refractivity (Wildman–Crippen MR) is 119 cm³/mol. The Morgan fingerprint density at radius 1 is 0.935 bits per heavy atom. The molecule has 1 aliphatic carbocycles. The second kappa shape index (κ2) is 8.87. The molecule has 31 heavy (non-hydrogen) atoms. The number of para-hydroxylation sites is 1. The molecule has 3 aromatic rings. The molecule has 0 fully saturated rings. The summed E-state index contributed by atoms with van der Waals surface area (Å²) in [7, 11) is 0. The number of benzene rings is 2. The largest absolute Gasteiger partial charge is 0.455 e. The molecule has 1 heterocycles. The third kappa shape index (κ3) is 4.50. The number of carbonyl (C=O) groups excluding carboxylic acids is 2. The van der Waals surface area contributed by atoms with Gasteiger partial charge in [-0.2, -0.15) is 5.10 Å². The van der Waals surface area contributed by atoms with Crippen LogP contribution in [0, 0.1) is 13.8 Å². The van der Waals surface area contributed by atoms with E-state index in [0.717, 1.165) is 41.1 Å². The van der Waals surface area contributed by atoms with Crippen molar-refractivity contribution in [3.63, 3.8) is 0 Å². The second-order valence-corrected chi connectivity index (χ2v) is 7.52. The average Bonchev–Trinajstić information content (AvgIpc) is 3.14. The second-order valence-electron chi connectivity index (χ2n) is 7.52. The van der Waals surface area contributed by atoms with Crippen LogP contribution in [0.15, 0.2) is 64.1 Å². The Labute approximate surface area is 180 Å². The van der Waals surface area contributed by atoms with Crippen LogP contribution < -0.4 is 16.3 Å². The van der Waals surface area contributed by atoms with Gasteiger partial charge in [-0.15, -0.1) is 0 Å². The van der Waals surface area contributed by atoms with Gasteiger partial charge in [-0.3, -0.25) is 20.4 Å². The number of rotatable bonds is 5. The van der Waals surface area contributed by atoms with Crippen LogP contribution in [0.3, 0.4) is 0 Å². The number of fused-ring (bicyclic) bond motifs is 1. The van der Waals surface area contributed by atoms with Crippen LogP contribution in [0.2, 0.25) is 0 Å². The molecule has 0 radical (unpaired) electrons. The number of hydrogen-bond acceptors (Lipinski definition) is 5. The van der Waals surface area contributed by atoms with E-state index in [1.807, 2.05) is 56.3 Å². The van der Waals surface area contributed by atoms with Crippen LogP contribution in [-0.4, -0.2) is 17.5 Å². The third-order valence-electron chi connectivity index (χ3n) is 5.23. The maximum absolute atomic E-state index is 12.7. The van der Waals surface area contributed by atoms with E-state index in [0.29, 0.717) is 17.5 Å². The van der Waals surface area contributed by atoms with Gasteiger partial charge in [0.1, 0.15) is 5.76 Å². The van der Waals surface area contributed by atoms with E-state index in [2.05, 4.69) is 21.4 Å². The SMILES string of the molecule is Cc1ccc(C(=O)N/N=C2\CCCc3oc(C(=O)NNc4ccccc4)c(C)c32)cc1. The molecular formula is C24H24N4O3. The zero-order chi connectivity index (χ0) is 21.8. The Kier molecular flexibility index (Phi) is 5.84. The molecule has 0 unspecified atom stereocenters. The van der Waals surface area contributed by atoms with E-state index in [1.165, 1.54) is 0 Å². The Morgan fingerprint density at radius 3 is 2.42 bits per heavy atom. The number of nitrogens with one attached hydrogen (secondary N) is 3. The third-order valence-corrected chi connectivity index (χ3v) is 5.23. The predicted octanol–water partition coefficient (Wildman–Crippen LogP) is 4.12. The standard InChI is InChI=1S/C24H24N4O3/c1-15-11-13-17(14-12-15)23(29)27-26-19-9-6-10-20-21(19)16(2)22(31-20)24(30)28-25-18-7-4-3-5-8-18/h3-5,7-8,11-14,25H,6,9-10H2,1-2H3,(H,27,29)(H,28,30)/b26-19+. The normalized spacial score (nSPS) is 14.1. The summed E-state index contributed by atoms with van der Waals surface area (Å²) in [5.41, 5.74) is 12.8. The van der Waals surface area contributed by atoms with Gasteiger partial charge in [-0.25, -0.2) is 5.43 Å². The molecule has 1 aliphatic rings. The van der Waals surface area contributed by atoms with E-state index in [-0.39, 0.29) is 17.6 Å². The quantitative estimate of drug-likeness (QED) is 0.545. The zero-order valence-electron chi connectivity index (χ0n) is 17.5. The van der Waals surface area contributed by atoms with E-state index in [4.69, 9.17) is 4.42 Å². The Bertz CT molecular complexity index is 1130. The highest BCUT2D eigenvalue weighted by Crippen LogP contribution is 2.29. The van der Waals surface area contributed by atoms with Crippen molar-refractivity contribution in [3.05, 3.63) is 88.4 Å². The van der Waals surface area contributed by atoms with Crippen LogP contribution in [-0.2, 0) is 6.42 Å². The van der Waals surface area contributed by atoms with Gasteiger partial charge in [-0.05, 0) is 51.0 Å². The molecule has 7 nitrogen and oxygen atoms in total. The molecular weight excluding hydrogens is 392 g/mol. The lowest BCUT2D eigenvalue weighted by atomic mass is 9.93. The van der Waals surface area contributed by atoms with E-state index >= 15 is 0 Å². The molecule has 0 bridgehead atoms. The number of hydrazone groups is 1. The first-order valence-corrected chi connectivity index (χ1v) is 10.2. The number of hydrazine groups is 1. The maximum Gasteiger partial charge on any atom is 0.305 e. The lowest BCUT2D eigenvalue weighted by Gasteiger charge is -2.13. The Morgan fingerprint density at radius 2 is 1.68 bits per heavy atom. The van der Waals surface area contributed by atoms with Gasteiger partial charge in [-0.1, -0.05) is 35.9 Å². The van der Waals surface area contributed by atoms with Crippen molar-refractivity contribution in [1.29, 1.82) is 0 Å². The smallest absolute Gasteiger partial charge is 0.305 e. The van der Waals surface area contributed by atoms with Crippen molar-refractivity contribution in [2.75, 3.05) is 5.43 Å². The van der Waals surface area contributed by atoms with Gasteiger partial charge in [0.15, 0.2) is 5.76 Å².